The van der Waals surface area contributed by atoms with E-state index < -0.39 is 0 Å². The molecule has 1 atom stereocenters. The van der Waals surface area contributed by atoms with Gasteiger partial charge in [0.15, 0.2) is 0 Å². The number of hydrogen-bond donors (Lipinski definition) is 1. The molecule has 2 aliphatic carbocycles. The molecule has 0 radical (unpaired) electrons. The van der Waals surface area contributed by atoms with Gasteiger partial charge < -0.3 is 15.1 Å². The summed E-state index contributed by atoms with van der Waals surface area (Å²) >= 11 is 0. The zero-order chi connectivity index (χ0) is 19.5. The molecule has 0 aromatic carbocycles. The fraction of sp³-hybridized carbons (Fsp3) is 0.864. The lowest BCUT2D eigenvalue weighted by Crippen LogP contribution is -2.51. The van der Waals surface area contributed by atoms with Crippen molar-refractivity contribution in [1.29, 1.82) is 0 Å². The average Bonchev–Trinajstić information content (AvgIpc) is 3.59. The summed E-state index contributed by atoms with van der Waals surface area (Å²) in [5, 5.41) is 3.24. The van der Waals surface area contributed by atoms with Gasteiger partial charge in [-0.05, 0) is 51.4 Å². The minimum Gasteiger partial charge on any atom is -0.353 e. The van der Waals surface area contributed by atoms with Crippen molar-refractivity contribution in [3.05, 3.63) is 0 Å². The first kappa shape index (κ1) is 19.7. The third-order valence-corrected chi connectivity index (χ3v) is 7.14. The lowest BCUT2D eigenvalue weighted by molar-refractivity contribution is -0.142. The van der Waals surface area contributed by atoms with Crippen molar-refractivity contribution in [1.82, 2.24) is 15.1 Å². The van der Waals surface area contributed by atoms with Gasteiger partial charge in [0.2, 0.25) is 17.7 Å². The van der Waals surface area contributed by atoms with E-state index in [-0.39, 0.29) is 41.5 Å². The molecule has 156 valence electrons. The van der Waals surface area contributed by atoms with Crippen molar-refractivity contribution in [3.63, 3.8) is 0 Å². The van der Waals surface area contributed by atoms with E-state index in [1.54, 1.807) is 0 Å². The van der Waals surface area contributed by atoms with Crippen molar-refractivity contribution >= 4 is 17.7 Å². The fourth-order valence-electron chi connectivity index (χ4n) is 5.15. The van der Waals surface area contributed by atoms with Crippen LogP contribution in [-0.4, -0.2) is 59.7 Å². The van der Waals surface area contributed by atoms with Gasteiger partial charge in [0.1, 0.15) is 0 Å². The Bertz CT molecular complexity index is 590. The molecule has 28 heavy (non-hydrogen) atoms. The van der Waals surface area contributed by atoms with Crippen LogP contribution in [0, 0.1) is 17.8 Å². The minimum absolute atomic E-state index is 0.0372. The number of carbonyl (C=O) groups is 3. The molecule has 0 spiro atoms. The highest BCUT2D eigenvalue weighted by Gasteiger charge is 2.38. The van der Waals surface area contributed by atoms with Gasteiger partial charge in [0, 0.05) is 44.1 Å². The zero-order valence-corrected chi connectivity index (χ0v) is 17.0. The molecule has 2 heterocycles. The van der Waals surface area contributed by atoms with Gasteiger partial charge in [-0.25, -0.2) is 0 Å². The molecule has 0 bridgehead atoms. The lowest BCUT2D eigenvalue weighted by Gasteiger charge is -2.38. The SMILES string of the molecule is O=C(NC1CCN(C(=O)C2CCCN(C(=O)C3CC3)C2)CC1)C1CCCCC1. The molecule has 4 fully saturated rings. The number of nitrogens with zero attached hydrogens (tertiary/aromatic N) is 2. The molecule has 0 aromatic rings. The highest BCUT2D eigenvalue weighted by atomic mass is 16.2. The standard InChI is InChI=1S/C22H35N3O3/c26-20(16-5-2-1-3-6-16)23-19-10-13-24(14-11-19)22(28)18-7-4-12-25(15-18)21(27)17-8-9-17/h16-19H,1-15H2,(H,23,26). The van der Waals surface area contributed by atoms with E-state index in [1.165, 1.54) is 19.3 Å². The minimum atomic E-state index is -0.0372. The monoisotopic (exact) mass is 389 g/mol. The van der Waals surface area contributed by atoms with Crippen LogP contribution in [-0.2, 0) is 14.4 Å². The predicted molar refractivity (Wildman–Crippen MR) is 106 cm³/mol. The van der Waals surface area contributed by atoms with Crippen LogP contribution in [0.1, 0.15) is 70.6 Å². The van der Waals surface area contributed by atoms with Gasteiger partial charge in [0.05, 0.1) is 5.92 Å². The van der Waals surface area contributed by atoms with Crippen LogP contribution < -0.4 is 5.32 Å². The maximum absolute atomic E-state index is 13.0. The molecular weight excluding hydrogens is 354 g/mol. The second-order valence-corrected chi connectivity index (χ2v) is 9.34. The topological polar surface area (TPSA) is 69.7 Å². The van der Waals surface area contributed by atoms with E-state index in [9.17, 15) is 14.4 Å². The summed E-state index contributed by atoms with van der Waals surface area (Å²) in [4.78, 5) is 41.7. The Labute approximate surface area is 168 Å². The van der Waals surface area contributed by atoms with E-state index in [0.29, 0.717) is 6.54 Å². The Morgan fingerprint density at radius 1 is 0.607 bits per heavy atom. The van der Waals surface area contributed by atoms with Crippen LogP contribution in [0.5, 0.6) is 0 Å². The van der Waals surface area contributed by atoms with Crippen molar-refractivity contribution in [2.75, 3.05) is 26.2 Å². The predicted octanol–water partition coefficient (Wildman–Crippen LogP) is 2.32. The first-order valence-electron chi connectivity index (χ1n) is 11.5. The Hall–Kier alpha value is -1.59. The number of piperidine rings is 2. The second-order valence-electron chi connectivity index (χ2n) is 9.34. The van der Waals surface area contributed by atoms with Gasteiger partial charge in [-0.1, -0.05) is 19.3 Å². The van der Waals surface area contributed by atoms with E-state index in [0.717, 1.165) is 71.0 Å². The largest absolute Gasteiger partial charge is 0.353 e. The average molecular weight is 390 g/mol. The molecule has 6 nitrogen and oxygen atoms in total. The smallest absolute Gasteiger partial charge is 0.227 e. The van der Waals surface area contributed by atoms with Crippen LogP contribution in [0.15, 0.2) is 0 Å². The summed E-state index contributed by atoms with van der Waals surface area (Å²) in [6.07, 6.45) is 11.2. The summed E-state index contributed by atoms with van der Waals surface area (Å²) in [5.74, 6) is 1.10. The van der Waals surface area contributed by atoms with E-state index >= 15 is 0 Å². The van der Waals surface area contributed by atoms with E-state index in [2.05, 4.69) is 5.32 Å². The first-order chi connectivity index (χ1) is 13.6. The lowest BCUT2D eigenvalue weighted by atomic mass is 9.88. The Morgan fingerprint density at radius 3 is 1.93 bits per heavy atom. The molecule has 2 saturated carbocycles. The van der Waals surface area contributed by atoms with Gasteiger partial charge in [-0.15, -0.1) is 0 Å². The summed E-state index contributed by atoms with van der Waals surface area (Å²) in [6.45, 7) is 2.87. The molecule has 2 aliphatic heterocycles. The normalized spacial score (nSPS) is 27.5. The zero-order valence-electron chi connectivity index (χ0n) is 17.0. The summed E-state index contributed by atoms with van der Waals surface area (Å²) < 4.78 is 0. The maximum atomic E-state index is 13.0. The second kappa shape index (κ2) is 8.83. The number of nitrogens with one attached hydrogen (secondary N) is 1. The maximum Gasteiger partial charge on any atom is 0.227 e. The molecular formula is C22H35N3O3. The molecule has 1 N–H and O–H groups in total. The Balaban J connectivity index is 1.22. The molecule has 1 unspecified atom stereocenters. The summed E-state index contributed by atoms with van der Waals surface area (Å²) in [6, 6.07) is 0.206. The highest BCUT2D eigenvalue weighted by Crippen LogP contribution is 2.33. The first-order valence-corrected chi connectivity index (χ1v) is 11.5. The van der Waals surface area contributed by atoms with Crippen molar-refractivity contribution in [2.24, 2.45) is 17.8 Å². The number of rotatable bonds is 4. The number of hydrogen-bond acceptors (Lipinski definition) is 3. The van der Waals surface area contributed by atoms with Crippen LogP contribution >= 0.6 is 0 Å². The van der Waals surface area contributed by atoms with Crippen LogP contribution in [0.3, 0.4) is 0 Å². The van der Waals surface area contributed by atoms with Gasteiger partial charge in [-0.3, -0.25) is 14.4 Å². The number of carbonyl (C=O) groups excluding carboxylic acids is 3. The van der Waals surface area contributed by atoms with Crippen molar-refractivity contribution in [2.45, 2.75) is 76.7 Å². The van der Waals surface area contributed by atoms with Crippen LogP contribution in [0.4, 0.5) is 0 Å². The molecule has 4 aliphatic rings. The molecule has 6 heteroatoms. The van der Waals surface area contributed by atoms with Gasteiger partial charge in [0.25, 0.3) is 0 Å². The molecule has 2 saturated heterocycles. The van der Waals surface area contributed by atoms with Gasteiger partial charge >= 0.3 is 0 Å². The molecule has 0 aromatic heterocycles. The quantitative estimate of drug-likeness (QED) is 0.802. The molecule has 3 amide bonds. The Kier molecular flexibility index (Phi) is 6.22. The molecule has 4 rings (SSSR count). The van der Waals surface area contributed by atoms with E-state index in [1.807, 2.05) is 9.80 Å². The van der Waals surface area contributed by atoms with Crippen LogP contribution in [0.2, 0.25) is 0 Å². The summed E-state index contributed by atoms with van der Waals surface area (Å²) in [5.41, 5.74) is 0. The number of likely N-dealkylation sites (tertiary alicyclic amines) is 2. The fourth-order valence-corrected chi connectivity index (χ4v) is 5.15. The van der Waals surface area contributed by atoms with E-state index in [4.69, 9.17) is 0 Å². The third-order valence-electron chi connectivity index (χ3n) is 7.14. The number of amides is 3. The Morgan fingerprint density at radius 2 is 1.25 bits per heavy atom. The van der Waals surface area contributed by atoms with Gasteiger partial charge in [-0.2, -0.15) is 0 Å². The summed E-state index contributed by atoms with van der Waals surface area (Å²) in [7, 11) is 0. The third kappa shape index (κ3) is 4.69. The highest BCUT2D eigenvalue weighted by molar-refractivity contribution is 5.83. The van der Waals surface area contributed by atoms with Crippen molar-refractivity contribution < 1.29 is 14.4 Å². The van der Waals surface area contributed by atoms with Crippen LogP contribution in [0.25, 0.3) is 0 Å². The van der Waals surface area contributed by atoms with Crippen molar-refractivity contribution in [3.8, 4) is 0 Å².